The fourth-order valence-corrected chi connectivity index (χ4v) is 0.806. The highest BCUT2D eigenvalue weighted by Crippen LogP contribution is 2.09. The van der Waals surface area contributed by atoms with Crippen molar-refractivity contribution in [2.75, 3.05) is 13.2 Å². The van der Waals surface area contributed by atoms with Crippen LogP contribution in [0.5, 0.6) is 0 Å². The molecule has 0 aromatic carbocycles. The topological polar surface area (TPSA) is 21.3 Å². The van der Waals surface area contributed by atoms with Gasteiger partial charge in [0.2, 0.25) is 0 Å². The molecule has 1 saturated heterocycles. The van der Waals surface area contributed by atoms with Crippen molar-refractivity contribution in [2.45, 2.75) is 0 Å². The van der Waals surface area contributed by atoms with Gasteiger partial charge < -0.3 is 10.1 Å². The quantitative estimate of drug-likeness (QED) is 0.586. The van der Waals surface area contributed by atoms with Gasteiger partial charge in [-0.2, -0.15) is 0 Å². The third kappa shape index (κ3) is 1.41. The minimum absolute atomic E-state index is 0.700. The molecule has 1 N–H and O–H groups in total. The zero-order valence-corrected chi connectivity index (χ0v) is 5.89. The van der Waals surface area contributed by atoms with Crippen molar-refractivity contribution in [1.29, 1.82) is 0 Å². The van der Waals surface area contributed by atoms with Crippen LogP contribution in [-0.4, -0.2) is 13.2 Å². The molecule has 0 bridgehead atoms. The lowest BCUT2D eigenvalue weighted by atomic mass is 10.3. The summed E-state index contributed by atoms with van der Waals surface area (Å²) < 4.78 is 5.17. The van der Waals surface area contributed by atoms with Crippen molar-refractivity contribution in [2.24, 2.45) is 0 Å². The van der Waals surface area contributed by atoms with Crippen molar-refractivity contribution in [3.8, 4) is 0 Å². The van der Waals surface area contributed by atoms with Crippen LogP contribution in [0.4, 0.5) is 0 Å². The third-order valence-electron chi connectivity index (χ3n) is 1.28. The maximum Gasteiger partial charge on any atom is 0.135 e. The summed E-state index contributed by atoms with van der Waals surface area (Å²) in [5, 5.41) is 3.14. The van der Waals surface area contributed by atoms with E-state index in [-0.39, 0.29) is 0 Å². The van der Waals surface area contributed by atoms with Gasteiger partial charge in [0.05, 0.1) is 5.70 Å². The summed E-state index contributed by atoms with van der Waals surface area (Å²) in [5.74, 6) is 0.700. The Kier molecular flexibility index (Phi) is 2.15. The standard InChI is InChI=1S/C8H11NO/c1-3-4-8-7(2)10-6-5-9-8/h3-4,9H,1-2,5-6H2/b8-4+. The average Bonchev–Trinajstić information content (AvgIpc) is 1.94. The third-order valence-corrected chi connectivity index (χ3v) is 1.28. The molecular formula is C8H11NO. The molecule has 54 valence electrons. The van der Waals surface area contributed by atoms with Gasteiger partial charge in [-0.15, -0.1) is 0 Å². The van der Waals surface area contributed by atoms with Gasteiger partial charge in [0.25, 0.3) is 0 Å². The number of nitrogens with one attached hydrogen (secondary N) is 1. The van der Waals surface area contributed by atoms with E-state index in [1.807, 2.05) is 6.08 Å². The zero-order chi connectivity index (χ0) is 7.40. The Hall–Kier alpha value is -1.18. The number of morpholine rings is 1. The maximum atomic E-state index is 5.17. The number of allylic oxidation sites excluding steroid dienone is 2. The van der Waals surface area contributed by atoms with E-state index in [0.29, 0.717) is 12.4 Å². The van der Waals surface area contributed by atoms with Gasteiger partial charge in [0.1, 0.15) is 12.4 Å². The second-order valence-corrected chi connectivity index (χ2v) is 2.01. The Morgan fingerprint density at radius 3 is 3.00 bits per heavy atom. The molecule has 1 aliphatic heterocycles. The van der Waals surface area contributed by atoms with Crippen molar-refractivity contribution < 1.29 is 4.74 Å². The predicted molar refractivity (Wildman–Crippen MR) is 41.4 cm³/mol. The molecule has 1 fully saturated rings. The first-order valence-corrected chi connectivity index (χ1v) is 3.23. The summed E-state index contributed by atoms with van der Waals surface area (Å²) >= 11 is 0. The predicted octanol–water partition coefficient (Wildman–Crippen LogP) is 1.19. The molecule has 0 spiro atoms. The van der Waals surface area contributed by atoms with E-state index < -0.39 is 0 Å². The monoisotopic (exact) mass is 137 g/mol. The van der Waals surface area contributed by atoms with Crippen LogP contribution in [0, 0.1) is 0 Å². The fraction of sp³-hybridized carbons (Fsp3) is 0.250. The van der Waals surface area contributed by atoms with Crippen LogP contribution in [0.3, 0.4) is 0 Å². The summed E-state index contributed by atoms with van der Waals surface area (Å²) in [6.45, 7) is 8.84. The van der Waals surface area contributed by atoms with E-state index in [1.54, 1.807) is 6.08 Å². The molecule has 0 aromatic heterocycles. The highest BCUT2D eigenvalue weighted by Gasteiger charge is 2.07. The second kappa shape index (κ2) is 3.11. The van der Waals surface area contributed by atoms with Crippen LogP contribution in [-0.2, 0) is 4.74 Å². The van der Waals surface area contributed by atoms with Gasteiger partial charge in [0, 0.05) is 6.54 Å². The largest absolute Gasteiger partial charge is 0.490 e. The lowest BCUT2D eigenvalue weighted by Crippen LogP contribution is -2.26. The molecule has 2 nitrogen and oxygen atoms in total. The Morgan fingerprint density at radius 1 is 1.60 bits per heavy atom. The molecule has 1 heterocycles. The van der Waals surface area contributed by atoms with Crippen LogP contribution < -0.4 is 5.32 Å². The minimum Gasteiger partial charge on any atom is -0.490 e. The SMILES string of the molecule is C=C/C=C1/NCCOC1=C. The first-order valence-electron chi connectivity index (χ1n) is 3.23. The summed E-state index contributed by atoms with van der Waals surface area (Å²) in [6.07, 6.45) is 3.56. The molecule has 0 amide bonds. The summed E-state index contributed by atoms with van der Waals surface area (Å²) in [4.78, 5) is 0. The highest BCUT2D eigenvalue weighted by molar-refractivity contribution is 5.26. The Bertz CT molecular complexity index is 182. The molecule has 1 rings (SSSR count). The fourth-order valence-electron chi connectivity index (χ4n) is 0.806. The van der Waals surface area contributed by atoms with Gasteiger partial charge in [-0.05, 0) is 6.08 Å². The van der Waals surface area contributed by atoms with Crippen LogP contribution >= 0.6 is 0 Å². The van der Waals surface area contributed by atoms with E-state index in [0.717, 1.165) is 12.2 Å². The van der Waals surface area contributed by atoms with E-state index >= 15 is 0 Å². The van der Waals surface area contributed by atoms with Gasteiger partial charge in [0.15, 0.2) is 0 Å². The van der Waals surface area contributed by atoms with Crippen molar-refractivity contribution in [1.82, 2.24) is 5.32 Å². The molecule has 0 aromatic rings. The maximum absolute atomic E-state index is 5.17. The first kappa shape index (κ1) is 6.93. The number of rotatable bonds is 1. The number of hydrogen-bond donors (Lipinski definition) is 1. The van der Waals surface area contributed by atoms with E-state index in [2.05, 4.69) is 18.5 Å². The lowest BCUT2D eigenvalue weighted by Gasteiger charge is -2.19. The summed E-state index contributed by atoms with van der Waals surface area (Å²) in [7, 11) is 0. The Morgan fingerprint density at radius 2 is 2.40 bits per heavy atom. The minimum atomic E-state index is 0.700. The molecule has 0 unspecified atom stereocenters. The molecule has 0 radical (unpaired) electrons. The van der Waals surface area contributed by atoms with Gasteiger partial charge in [-0.3, -0.25) is 0 Å². The molecule has 0 atom stereocenters. The van der Waals surface area contributed by atoms with Crippen molar-refractivity contribution >= 4 is 0 Å². The van der Waals surface area contributed by atoms with Crippen LogP contribution in [0.2, 0.25) is 0 Å². The smallest absolute Gasteiger partial charge is 0.135 e. The summed E-state index contributed by atoms with van der Waals surface area (Å²) in [6, 6.07) is 0. The second-order valence-electron chi connectivity index (χ2n) is 2.01. The average molecular weight is 137 g/mol. The van der Waals surface area contributed by atoms with Gasteiger partial charge in [-0.1, -0.05) is 19.2 Å². The van der Waals surface area contributed by atoms with E-state index in [1.165, 1.54) is 0 Å². The van der Waals surface area contributed by atoms with Crippen LogP contribution in [0.25, 0.3) is 0 Å². The zero-order valence-electron chi connectivity index (χ0n) is 5.89. The lowest BCUT2D eigenvalue weighted by molar-refractivity contribution is 0.199. The van der Waals surface area contributed by atoms with E-state index in [4.69, 9.17) is 4.74 Å². The van der Waals surface area contributed by atoms with Crippen LogP contribution in [0.15, 0.2) is 36.8 Å². The Balaban J connectivity index is 2.64. The Labute approximate surface area is 60.9 Å². The summed E-state index contributed by atoms with van der Waals surface area (Å²) in [5.41, 5.74) is 0.932. The normalized spacial score (nSPS) is 21.6. The number of ether oxygens (including phenoxy) is 1. The molecule has 2 heteroatoms. The van der Waals surface area contributed by atoms with Crippen molar-refractivity contribution in [3.05, 3.63) is 36.8 Å². The first-order chi connectivity index (χ1) is 4.84. The van der Waals surface area contributed by atoms with Crippen molar-refractivity contribution in [3.63, 3.8) is 0 Å². The van der Waals surface area contributed by atoms with Gasteiger partial charge in [-0.25, -0.2) is 0 Å². The molecule has 0 saturated carbocycles. The number of hydrogen-bond acceptors (Lipinski definition) is 2. The molecule has 1 aliphatic rings. The van der Waals surface area contributed by atoms with Crippen LogP contribution in [0.1, 0.15) is 0 Å². The molecule has 0 aliphatic carbocycles. The van der Waals surface area contributed by atoms with Gasteiger partial charge >= 0.3 is 0 Å². The van der Waals surface area contributed by atoms with E-state index in [9.17, 15) is 0 Å². The highest BCUT2D eigenvalue weighted by atomic mass is 16.5. The molecular weight excluding hydrogens is 126 g/mol. The molecule has 10 heavy (non-hydrogen) atoms.